The van der Waals surface area contributed by atoms with E-state index in [0.717, 1.165) is 33.6 Å². The van der Waals surface area contributed by atoms with Crippen LogP contribution in [0.15, 0.2) is 111 Å². The number of rotatable bonds is 11. The number of aryl methyl sites for hydroxylation is 4. The van der Waals surface area contributed by atoms with E-state index < -0.39 is 33.6 Å². The van der Waals surface area contributed by atoms with Crippen LogP contribution in [0.4, 0.5) is 11.4 Å². The molecule has 8 nitrogen and oxygen atoms in total. The van der Waals surface area contributed by atoms with Crippen molar-refractivity contribution in [3.8, 4) is 0 Å². The van der Waals surface area contributed by atoms with Gasteiger partial charge in [-0.05, 0) is 76.2 Å². The molecule has 0 saturated heterocycles. The summed E-state index contributed by atoms with van der Waals surface area (Å²) in [6.45, 7) is 7.94. The monoisotopic (exact) mass is 623 g/mol. The van der Waals surface area contributed by atoms with Crippen LogP contribution < -0.4 is 21.4 Å². The molecule has 5 aromatic rings. The normalized spacial score (nSPS) is 12.8. The summed E-state index contributed by atoms with van der Waals surface area (Å²) in [7, 11) is -3.86. The first-order valence-electron chi connectivity index (χ1n) is 14.7. The molecule has 9 heteroatoms. The van der Waals surface area contributed by atoms with Crippen molar-refractivity contribution < 1.29 is 17.6 Å². The average molecular weight is 624 g/mol. The summed E-state index contributed by atoms with van der Waals surface area (Å²) in [5.74, 6) is -2.38. The fourth-order valence-corrected chi connectivity index (χ4v) is 6.19. The highest BCUT2D eigenvalue weighted by Crippen LogP contribution is 2.26. The SMILES string of the molecule is Cc1ccc(NCC(Nc2ccc(C)cc2)C(C(=O)NCS(=O)(=O)c2ccc(C)cc2)c2coc3ccc(C)cc3c2=O)cc1. The van der Waals surface area contributed by atoms with Gasteiger partial charge in [0, 0.05) is 23.5 Å². The van der Waals surface area contributed by atoms with Crippen LogP contribution in [0.5, 0.6) is 0 Å². The van der Waals surface area contributed by atoms with E-state index in [-0.39, 0.29) is 22.4 Å². The third kappa shape index (κ3) is 7.61. The van der Waals surface area contributed by atoms with Gasteiger partial charge in [-0.3, -0.25) is 9.59 Å². The van der Waals surface area contributed by atoms with Crippen molar-refractivity contribution in [3.05, 3.63) is 135 Å². The first-order chi connectivity index (χ1) is 21.5. The van der Waals surface area contributed by atoms with Gasteiger partial charge in [0.2, 0.25) is 5.91 Å². The van der Waals surface area contributed by atoms with Crippen LogP contribution in [0, 0.1) is 27.7 Å². The zero-order valence-electron chi connectivity index (χ0n) is 25.8. The van der Waals surface area contributed by atoms with Gasteiger partial charge >= 0.3 is 0 Å². The maximum absolute atomic E-state index is 14.1. The van der Waals surface area contributed by atoms with Crippen LogP contribution in [0.2, 0.25) is 0 Å². The molecule has 1 amide bonds. The fourth-order valence-electron chi connectivity index (χ4n) is 5.14. The van der Waals surface area contributed by atoms with Gasteiger partial charge in [0.15, 0.2) is 15.3 Å². The van der Waals surface area contributed by atoms with Gasteiger partial charge in [-0.15, -0.1) is 0 Å². The number of benzene rings is 4. The quantitative estimate of drug-likeness (QED) is 0.159. The summed E-state index contributed by atoms with van der Waals surface area (Å²) < 4.78 is 32.3. The number of carbonyl (C=O) groups is 1. The van der Waals surface area contributed by atoms with Crippen molar-refractivity contribution in [1.82, 2.24) is 5.32 Å². The molecule has 1 aromatic heterocycles. The standard InChI is InChI=1S/C36H37N3O5S/c1-23-5-12-27(13-6-23)37-20-32(39-28-14-7-24(2)8-15-28)34(31-21-44-33-18-11-26(4)19-30(33)35(31)40)36(41)38-22-45(42,43)29-16-9-25(3)10-17-29/h5-19,21,32,34,37,39H,20,22H2,1-4H3,(H,38,41). The first kappa shape index (κ1) is 31.5. The van der Waals surface area contributed by atoms with Crippen molar-refractivity contribution >= 4 is 38.1 Å². The highest BCUT2D eigenvalue weighted by molar-refractivity contribution is 7.91. The molecule has 0 aliphatic carbocycles. The molecular formula is C36H37N3O5S. The van der Waals surface area contributed by atoms with Crippen LogP contribution in [-0.2, 0) is 14.6 Å². The number of amides is 1. The Morgan fingerprint density at radius 3 is 1.93 bits per heavy atom. The Labute approximate surface area is 263 Å². The molecule has 0 saturated carbocycles. The first-order valence-corrected chi connectivity index (χ1v) is 16.4. The van der Waals surface area contributed by atoms with E-state index in [0.29, 0.717) is 11.0 Å². The summed E-state index contributed by atoms with van der Waals surface area (Å²) >= 11 is 0. The molecule has 0 aliphatic rings. The van der Waals surface area contributed by atoms with Gasteiger partial charge in [-0.2, -0.15) is 0 Å². The Bertz CT molecular complexity index is 1970. The second-order valence-electron chi connectivity index (χ2n) is 11.5. The Kier molecular flexibility index (Phi) is 9.39. The summed E-state index contributed by atoms with van der Waals surface area (Å²) in [6.07, 6.45) is 1.31. The number of carbonyl (C=O) groups excluding carboxylic acids is 1. The minimum atomic E-state index is -3.86. The van der Waals surface area contributed by atoms with E-state index in [4.69, 9.17) is 4.42 Å². The number of hydrogen-bond acceptors (Lipinski definition) is 7. The predicted molar refractivity (Wildman–Crippen MR) is 180 cm³/mol. The lowest BCUT2D eigenvalue weighted by Gasteiger charge is -2.29. The predicted octanol–water partition coefficient (Wildman–Crippen LogP) is 6.25. The summed E-state index contributed by atoms with van der Waals surface area (Å²) in [5, 5.41) is 9.79. The van der Waals surface area contributed by atoms with Crippen LogP contribution in [0.3, 0.4) is 0 Å². The van der Waals surface area contributed by atoms with Crippen LogP contribution in [0.1, 0.15) is 33.7 Å². The molecule has 5 rings (SSSR count). The maximum atomic E-state index is 14.1. The molecule has 3 N–H and O–H groups in total. The van der Waals surface area contributed by atoms with Gasteiger partial charge in [0.05, 0.1) is 28.5 Å². The maximum Gasteiger partial charge on any atom is 0.230 e. The number of hydrogen-bond donors (Lipinski definition) is 3. The number of nitrogens with one attached hydrogen (secondary N) is 3. The zero-order chi connectivity index (χ0) is 32.1. The Morgan fingerprint density at radius 2 is 1.31 bits per heavy atom. The minimum Gasteiger partial charge on any atom is -0.464 e. The summed E-state index contributed by atoms with van der Waals surface area (Å²) in [4.78, 5) is 28.2. The highest BCUT2D eigenvalue weighted by atomic mass is 32.2. The van der Waals surface area contributed by atoms with Crippen LogP contribution in [0.25, 0.3) is 11.0 Å². The Hall–Kier alpha value is -4.89. The van der Waals surface area contributed by atoms with Gasteiger partial charge in [-0.1, -0.05) is 64.7 Å². The molecule has 45 heavy (non-hydrogen) atoms. The highest BCUT2D eigenvalue weighted by Gasteiger charge is 2.34. The van der Waals surface area contributed by atoms with Gasteiger partial charge in [-0.25, -0.2) is 8.42 Å². The van der Waals surface area contributed by atoms with E-state index in [9.17, 15) is 18.0 Å². The minimum absolute atomic E-state index is 0.0982. The molecule has 0 bridgehead atoms. The van der Waals surface area contributed by atoms with Crippen molar-refractivity contribution in [3.63, 3.8) is 0 Å². The summed E-state index contributed by atoms with van der Waals surface area (Å²) in [6, 6.07) is 26.6. The van der Waals surface area contributed by atoms with Gasteiger partial charge in [0.25, 0.3) is 0 Å². The number of fused-ring (bicyclic) bond motifs is 1. The van der Waals surface area contributed by atoms with Crippen molar-refractivity contribution in [2.75, 3.05) is 23.1 Å². The van der Waals surface area contributed by atoms with Crippen LogP contribution >= 0.6 is 0 Å². The van der Waals surface area contributed by atoms with Crippen molar-refractivity contribution in [2.45, 2.75) is 44.6 Å². The lowest BCUT2D eigenvalue weighted by molar-refractivity contribution is -0.122. The lowest BCUT2D eigenvalue weighted by Crippen LogP contribution is -2.45. The van der Waals surface area contributed by atoms with Gasteiger partial charge in [0.1, 0.15) is 11.5 Å². The zero-order valence-corrected chi connectivity index (χ0v) is 26.6. The van der Waals surface area contributed by atoms with Crippen LogP contribution in [-0.4, -0.2) is 32.8 Å². The second-order valence-corrected chi connectivity index (χ2v) is 13.5. The lowest BCUT2D eigenvalue weighted by atomic mass is 9.90. The molecule has 2 unspecified atom stereocenters. The van der Waals surface area contributed by atoms with E-state index in [1.807, 2.05) is 82.3 Å². The fraction of sp³-hybridized carbons (Fsp3) is 0.222. The van der Waals surface area contributed by atoms with E-state index in [1.54, 1.807) is 24.3 Å². The molecule has 2 atom stereocenters. The van der Waals surface area contributed by atoms with E-state index >= 15 is 0 Å². The second kappa shape index (κ2) is 13.4. The van der Waals surface area contributed by atoms with E-state index in [2.05, 4.69) is 16.0 Å². The molecule has 0 fully saturated rings. The third-order valence-electron chi connectivity index (χ3n) is 7.77. The molecule has 232 valence electrons. The molecule has 4 aromatic carbocycles. The van der Waals surface area contributed by atoms with E-state index in [1.165, 1.54) is 18.4 Å². The average Bonchev–Trinajstić information content (AvgIpc) is 3.02. The molecule has 1 heterocycles. The smallest absolute Gasteiger partial charge is 0.230 e. The number of anilines is 2. The Morgan fingerprint density at radius 1 is 0.756 bits per heavy atom. The molecule has 0 radical (unpaired) electrons. The molecular weight excluding hydrogens is 586 g/mol. The van der Waals surface area contributed by atoms with Gasteiger partial charge < -0.3 is 20.4 Å². The topological polar surface area (TPSA) is 118 Å². The van der Waals surface area contributed by atoms with Crippen molar-refractivity contribution in [2.24, 2.45) is 0 Å². The largest absolute Gasteiger partial charge is 0.464 e. The molecule has 0 aliphatic heterocycles. The summed E-state index contributed by atoms with van der Waals surface area (Å²) in [5.41, 5.74) is 5.69. The van der Waals surface area contributed by atoms with Crippen molar-refractivity contribution in [1.29, 1.82) is 0 Å². The molecule has 0 spiro atoms. The Balaban J connectivity index is 1.56. The third-order valence-corrected chi connectivity index (χ3v) is 9.29. The number of sulfone groups is 1.